The Labute approximate surface area is 184 Å². The molecule has 1 saturated carbocycles. The number of hydrogen-bond donors (Lipinski definition) is 2. The van der Waals surface area contributed by atoms with E-state index in [9.17, 15) is 0 Å². The van der Waals surface area contributed by atoms with Gasteiger partial charge in [0.25, 0.3) is 0 Å². The largest absolute Gasteiger partial charge is 0.355 e. The van der Waals surface area contributed by atoms with Crippen LogP contribution in [0, 0.1) is 0 Å². The summed E-state index contributed by atoms with van der Waals surface area (Å²) in [7, 11) is 1.91. The van der Waals surface area contributed by atoms with Gasteiger partial charge < -0.3 is 15.5 Å². The second kappa shape index (κ2) is 12.5. The zero-order valence-corrected chi connectivity index (χ0v) is 19.9. The summed E-state index contributed by atoms with van der Waals surface area (Å²) in [6.07, 6.45) is 13.7. The van der Waals surface area contributed by atoms with Gasteiger partial charge >= 0.3 is 0 Å². The Kier molecular flexibility index (Phi) is 10.7. The highest BCUT2D eigenvalue weighted by Crippen LogP contribution is 2.25. The standard InChI is InChI=1S/C21H41N5.HI/c1-3-25-14-8-7-11-20(25)17-23-21(22-2)24-18-12-15-26(16-13-18)19-9-5-4-6-10-19;/h18-20H,3-17H2,1-2H3,(H2,22,23,24);1H. The number of guanidine groups is 1. The van der Waals surface area contributed by atoms with Crippen molar-refractivity contribution in [2.45, 2.75) is 89.3 Å². The highest BCUT2D eigenvalue weighted by molar-refractivity contribution is 14.0. The Bertz CT molecular complexity index is 430. The summed E-state index contributed by atoms with van der Waals surface area (Å²) < 4.78 is 0. The van der Waals surface area contributed by atoms with Gasteiger partial charge in [-0.25, -0.2) is 0 Å². The third-order valence-corrected chi connectivity index (χ3v) is 6.85. The average Bonchev–Trinajstić information content (AvgIpc) is 2.72. The van der Waals surface area contributed by atoms with E-state index in [0.717, 1.165) is 25.1 Å². The summed E-state index contributed by atoms with van der Waals surface area (Å²) in [6.45, 7) is 8.24. The highest BCUT2D eigenvalue weighted by atomic mass is 127. The van der Waals surface area contributed by atoms with Gasteiger partial charge in [0.05, 0.1) is 0 Å². The minimum Gasteiger partial charge on any atom is -0.355 e. The van der Waals surface area contributed by atoms with E-state index in [1.807, 2.05) is 7.05 Å². The van der Waals surface area contributed by atoms with Crippen LogP contribution < -0.4 is 10.6 Å². The molecule has 1 atom stereocenters. The molecule has 0 bridgehead atoms. The molecule has 3 fully saturated rings. The van der Waals surface area contributed by atoms with Crippen LogP contribution in [0.25, 0.3) is 0 Å². The monoisotopic (exact) mass is 491 g/mol. The molecule has 0 spiro atoms. The van der Waals surface area contributed by atoms with Crippen LogP contribution in [-0.2, 0) is 0 Å². The molecule has 2 heterocycles. The predicted molar refractivity (Wildman–Crippen MR) is 126 cm³/mol. The summed E-state index contributed by atoms with van der Waals surface area (Å²) in [5.74, 6) is 1.00. The van der Waals surface area contributed by atoms with Crippen molar-refractivity contribution in [1.82, 2.24) is 20.4 Å². The Morgan fingerprint density at radius 3 is 2.30 bits per heavy atom. The first-order valence-electron chi connectivity index (χ1n) is 11.3. The van der Waals surface area contributed by atoms with E-state index in [1.54, 1.807) is 0 Å². The maximum atomic E-state index is 4.49. The van der Waals surface area contributed by atoms with Crippen molar-refractivity contribution in [3.05, 3.63) is 0 Å². The topological polar surface area (TPSA) is 42.9 Å². The fourth-order valence-electron chi connectivity index (χ4n) is 5.17. The van der Waals surface area contributed by atoms with Gasteiger partial charge in [0, 0.05) is 44.8 Å². The van der Waals surface area contributed by atoms with Crippen LogP contribution in [0.1, 0.15) is 71.1 Å². The maximum absolute atomic E-state index is 4.49. The van der Waals surface area contributed by atoms with E-state index >= 15 is 0 Å². The van der Waals surface area contributed by atoms with E-state index < -0.39 is 0 Å². The van der Waals surface area contributed by atoms with E-state index in [-0.39, 0.29) is 24.0 Å². The van der Waals surface area contributed by atoms with E-state index in [4.69, 9.17) is 0 Å². The number of nitrogens with zero attached hydrogens (tertiary/aromatic N) is 3. The first-order valence-corrected chi connectivity index (χ1v) is 11.3. The zero-order chi connectivity index (χ0) is 18.2. The van der Waals surface area contributed by atoms with Crippen molar-refractivity contribution in [2.24, 2.45) is 4.99 Å². The third-order valence-electron chi connectivity index (χ3n) is 6.85. The Balaban J connectivity index is 0.00000261. The second-order valence-electron chi connectivity index (χ2n) is 8.48. The number of hydrogen-bond acceptors (Lipinski definition) is 3. The quantitative estimate of drug-likeness (QED) is 0.351. The highest BCUT2D eigenvalue weighted by Gasteiger charge is 2.27. The number of aliphatic imine (C=N–C) groups is 1. The fourth-order valence-corrected chi connectivity index (χ4v) is 5.17. The number of halogens is 1. The second-order valence-corrected chi connectivity index (χ2v) is 8.48. The van der Waals surface area contributed by atoms with Crippen LogP contribution >= 0.6 is 24.0 Å². The zero-order valence-electron chi connectivity index (χ0n) is 17.6. The van der Waals surface area contributed by atoms with Gasteiger partial charge in [-0.2, -0.15) is 0 Å². The number of likely N-dealkylation sites (tertiary alicyclic amines) is 2. The predicted octanol–water partition coefficient (Wildman–Crippen LogP) is 3.44. The Morgan fingerprint density at radius 2 is 1.63 bits per heavy atom. The molecule has 0 radical (unpaired) electrons. The molecule has 27 heavy (non-hydrogen) atoms. The van der Waals surface area contributed by atoms with Crippen molar-refractivity contribution >= 4 is 29.9 Å². The van der Waals surface area contributed by atoms with Gasteiger partial charge in [-0.15, -0.1) is 24.0 Å². The van der Waals surface area contributed by atoms with Crippen LogP contribution in [0.4, 0.5) is 0 Å². The summed E-state index contributed by atoms with van der Waals surface area (Å²) in [5.41, 5.74) is 0. The molecule has 0 amide bonds. The van der Waals surface area contributed by atoms with Crippen LogP contribution in [0.5, 0.6) is 0 Å². The van der Waals surface area contributed by atoms with Crippen molar-refractivity contribution in [3.8, 4) is 0 Å². The van der Waals surface area contributed by atoms with E-state index in [2.05, 4.69) is 32.3 Å². The van der Waals surface area contributed by atoms with Crippen molar-refractivity contribution in [1.29, 1.82) is 0 Å². The van der Waals surface area contributed by atoms with Gasteiger partial charge in [0.1, 0.15) is 0 Å². The van der Waals surface area contributed by atoms with Crippen molar-refractivity contribution < 1.29 is 0 Å². The summed E-state index contributed by atoms with van der Waals surface area (Å²) >= 11 is 0. The van der Waals surface area contributed by atoms with Crippen LogP contribution in [-0.4, -0.2) is 73.7 Å². The lowest BCUT2D eigenvalue weighted by molar-refractivity contribution is 0.119. The van der Waals surface area contributed by atoms with Crippen molar-refractivity contribution in [3.63, 3.8) is 0 Å². The van der Waals surface area contributed by atoms with Crippen LogP contribution in [0.2, 0.25) is 0 Å². The molecule has 0 aromatic carbocycles. The van der Waals surface area contributed by atoms with Crippen LogP contribution in [0.15, 0.2) is 4.99 Å². The molecule has 3 aliphatic rings. The molecule has 0 aromatic rings. The summed E-state index contributed by atoms with van der Waals surface area (Å²) in [4.78, 5) is 9.86. The Hall–Kier alpha value is -0.0800. The van der Waals surface area contributed by atoms with Crippen molar-refractivity contribution in [2.75, 3.05) is 39.8 Å². The smallest absolute Gasteiger partial charge is 0.191 e. The van der Waals surface area contributed by atoms with E-state index in [0.29, 0.717) is 12.1 Å². The molecular formula is C21H42IN5. The van der Waals surface area contributed by atoms with Gasteiger partial charge in [0.2, 0.25) is 0 Å². The molecule has 5 nitrogen and oxygen atoms in total. The minimum atomic E-state index is 0. The van der Waals surface area contributed by atoms with Gasteiger partial charge in [-0.1, -0.05) is 32.6 Å². The fraction of sp³-hybridized carbons (Fsp3) is 0.952. The van der Waals surface area contributed by atoms with Gasteiger partial charge in [0.15, 0.2) is 5.96 Å². The average molecular weight is 492 g/mol. The SMILES string of the molecule is CCN1CCCCC1CNC(=NC)NC1CCN(C2CCCCC2)CC1.I. The maximum Gasteiger partial charge on any atom is 0.191 e. The molecule has 2 saturated heterocycles. The number of nitrogens with one attached hydrogen (secondary N) is 2. The molecule has 2 aliphatic heterocycles. The number of rotatable bonds is 5. The van der Waals surface area contributed by atoms with Crippen LogP contribution in [0.3, 0.4) is 0 Å². The molecular weight excluding hydrogens is 449 g/mol. The van der Waals surface area contributed by atoms with Gasteiger partial charge in [-0.3, -0.25) is 9.89 Å². The lowest BCUT2D eigenvalue weighted by Crippen LogP contribution is -2.53. The lowest BCUT2D eigenvalue weighted by Gasteiger charge is -2.40. The minimum absolute atomic E-state index is 0. The lowest BCUT2D eigenvalue weighted by atomic mass is 9.92. The molecule has 6 heteroatoms. The molecule has 2 N–H and O–H groups in total. The first-order chi connectivity index (χ1) is 12.8. The Morgan fingerprint density at radius 1 is 0.926 bits per heavy atom. The molecule has 1 unspecified atom stereocenters. The molecule has 3 rings (SSSR count). The molecule has 0 aromatic heterocycles. The summed E-state index contributed by atoms with van der Waals surface area (Å²) in [5, 5.41) is 7.30. The molecule has 158 valence electrons. The number of piperidine rings is 2. The third kappa shape index (κ3) is 7.03. The first kappa shape index (κ1) is 23.2. The molecule has 1 aliphatic carbocycles. The normalized spacial score (nSPS) is 27.2. The van der Waals surface area contributed by atoms with Gasteiger partial charge in [-0.05, 0) is 51.6 Å². The van der Waals surface area contributed by atoms with E-state index in [1.165, 1.54) is 83.8 Å². The summed E-state index contributed by atoms with van der Waals surface area (Å²) in [6, 6.07) is 2.11. The number of likely N-dealkylation sites (N-methyl/N-ethyl adjacent to an activating group) is 1.